The van der Waals surface area contributed by atoms with Gasteiger partial charge in [-0.05, 0) is 49.1 Å². The molecule has 0 amide bonds. The SMILES string of the molecule is COc1ccc(CN2CCN(CCCc3ccccc3)[C@@H](CCO)C2)cc1OC. The Morgan fingerprint density at radius 2 is 1.76 bits per heavy atom. The Morgan fingerprint density at radius 3 is 2.48 bits per heavy atom. The van der Waals surface area contributed by atoms with Crippen LogP contribution in [0.2, 0.25) is 0 Å². The van der Waals surface area contributed by atoms with E-state index >= 15 is 0 Å². The molecule has 5 nitrogen and oxygen atoms in total. The lowest BCUT2D eigenvalue weighted by molar-refractivity contribution is 0.0546. The molecule has 0 saturated carbocycles. The molecule has 0 bridgehead atoms. The van der Waals surface area contributed by atoms with Crippen molar-refractivity contribution >= 4 is 0 Å². The minimum Gasteiger partial charge on any atom is -0.493 e. The topological polar surface area (TPSA) is 45.2 Å². The summed E-state index contributed by atoms with van der Waals surface area (Å²) in [6.45, 7) is 5.29. The van der Waals surface area contributed by atoms with E-state index in [4.69, 9.17) is 9.47 Å². The minimum absolute atomic E-state index is 0.240. The van der Waals surface area contributed by atoms with Gasteiger partial charge in [-0.1, -0.05) is 36.4 Å². The highest BCUT2D eigenvalue weighted by Crippen LogP contribution is 2.28. The zero-order chi connectivity index (χ0) is 20.5. The lowest BCUT2D eigenvalue weighted by atomic mass is 10.1. The Balaban J connectivity index is 1.54. The van der Waals surface area contributed by atoms with Crippen LogP contribution in [0.15, 0.2) is 48.5 Å². The van der Waals surface area contributed by atoms with Crippen LogP contribution in [0.1, 0.15) is 24.0 Å². The number of piperazine rings is 1. The Bertz CT molecular complexity index is 738. The predicted molar refractivity (Wildman–Crippen MR) is 117 cm³/mol. The van der Waals surface area contributed by atoms with Crippen LogP contribution in [0.3, 0.4) is 0 Å². The highest BCUT2D eigenvalue weighted by Gasteiger charge is 2.26. The number of methoxy groups -OCH3 is 2. The molecule has 0 unspecified atom stereocenters. The summed E-state index contributed by atoms with van der Waals surface area (Å²) < 4.78 is 10.8. The Morgan fingerprint density at radius 1 is 0.966 bits per heavy atom. The van der Waals surface area contributed by atoms with Crippen molar-refractivity contribution in [2.24, 2.45) is 0 Å². The molecule has 3 rings (SSSR count). The Labute approximate surface area is 174 Å². The number of rotatable bonds is 10. The number of hydrogen-bond donors (Lipinski definition) is 1. The normalized spacial score (nSPS) is 18.0. The molecule has 1 heterocycles. The van der Waals surface area contributed by atoms with Crippen LogP contribution >= 0.6 is 0 Å². The predicted octanol–water partition coefficient (Wildman–Crippen LogP) is 3.21. The summed E-state index contributed by atoms with van der Waals surface area (Å²) in [4.78, 5) is 5.04. The second-order valence-electron chi connectivity index (χ2n) is 7.72. The van der Waals surface area contributed by atoms with Gasteiger partial charge in [0.05, 0.1) is 14.2 Å². The third-order valence-electron chi connectivity index (χ3n) is 5.76. The van der Waals surface area contributed by atoms with Gasteiger partial charge in [0.25, 0.3) is 0 Å². The quantitative estimate of drug-likeness (QED) is 0.666. The van der Waals surface area contributed by atoms with E-state index in [0.717, 1.165) is 63.5 Å². The van der Waals surface area contributed by atoms with Gasteiger partial charge in [-0.15, -0.1) is 0 Å². The van der Waals surface area contributed by atoms with Crippen molar-refractivity contribution < 1.29 is 14.6 Å². The third-order valence-corrected chi connectivity index (χ3v) is 5.76. The number of nitrogens with zero attached hydrogens (tertiary/aromatic N) is 2. The summed E-state index contributed by atoms with van der Waals surface area (Å²) in [5, 5.41) is 9.57. The maximum atomic E-state index is 9.57. The van der Waals surface area contributed by atoms with Gasteiger partial charge < -0.3 is 14.6 Å². The number of aliphatic hydroxyl groups is 1. The van der Waals surface area contributed by atoms with Gasteiger partial charge in [0.15, 0.2) is 11.5 Å². The Hall–Kier alpha value is -2.08. The van der Waals surface area contributed by atoms with E-state index in [1.807, 2.05) is 6.07 Å². The molecule has 2 aromatic rings. The molecule has 0 spiro atoms. The number of aryl methyl sites for hydroxylation is 1. The van der Waals surface area contributed by atoms with Crippen molar-refractivity contribution in [1.29, 1.82) is 0 Å². The first-order valence-corrected chi connectivity index (χ1v) is 10.6. The van der Waals surface area contributed by atoms with Crippen molar-refractivity contribution in [2.75, 3.05) is 47.0 Å². The Kier molecular flexibility index (Phi) is 8.35. The van der Waals surface area contributed by atoms with Gasteiger partial charge >= 0.3 is 0 Å². The van der Waals surface area contributed by atoms with Crippen LogP contribution in [-0.4, -0.2) is 68.0 Å². The number of ether oxygens (including phenoxy) is 2. The summed E-state index contributed by atoms with van der Waals surface area (Å²) in [5.41, 5.74) is 2.63. The number of aliphatic hydroxyl groups excluding tert-OH is 1. The standard InChI is InChI=1S/C24H34N2O3/c1-28-23-11-10-21(17-24(23)29-2)18-25-14-15-26(22(19-25)12-16-27)13-6-9-20-7-4-3-5-8-20/h3-5,7-8,10-11,17,22,27H,6,9,12-16,18-19H2,1-2H3/t22-/m0/s1. The molecule has 158 valence electrons. The van der Waals surface area contributed by atoms with Gasteiger partial charge in [-0.25, -0.2) is 0 Å². The van der Waals surface area contributed by atoms with Crippen molar-refractivity contribution in [1.82, 2.24) is 9.80 Å². The molecular formula is C24H34N2O3. The average Bonchev–Trinajstić information content (AvgIpc) is 2.76. The third kappa shape index (κ3) is 6.20. The molecule has 2 aromatic carbocycles. The lowest BCUT2D eigenvalue weighted by Gasteiger charge is -2.41. The molecule has 1 saturated heterocycles. The molecule has 1 aliphatic rings. The smallest absolute Gasteiger partial charge is 0.161 e. The van der Waals surface area contributed by atoms with Crippen molar-refractivity contribution in [3.8, 4) is 11.5 Å². The lowest BCUT2D eigenvalue weighted by Crippen LogP contribution is -2.53. The molecule has 1 aliphatic heterocycles. The summed E-state index contributed by atoms with van der Waals surface area (Å²) in [6, 6.07) is 17.2. The highest BCUT2D eigenvalue weighted by molar-refractivity contribution is 5.42. The summed E-state index contributed by atoms with van der Waals surface area (Å²) >= 11 is 0. The van der Waals surface area contributed by atoms with Crippen molar-refractivity contribution in [3.63, 3.8) is 0 Å². The first-order chi connectivity index (χ1) is 14.2. The van der Waals surface area contributed by atoms with Crippen molar-refractivity contribution in [2.45, 2.75) is 31.8 Å². The van der Waals surface area contributed by atoms with E-state index in [9.17, 15) is 5.11 Å². The second-order valence-corrected chi connectivity index (χ2v) is 7.72. The average molecular weight is 399 g/mol. The van der Waals surface area contributed by atoms with Gasteiger partial charge in [0.1, 0.15) is 0 Å². The molecule has 5 heteroatoms. The second kappa shape index (κ2) is 11.2. The van der Waals surface area contributed by atoms with E-state index in [1.54, 1.807) is 14.2 Å². The molecule has 1 atom stereocenters. The van der Waals surface area contributed by atoms with Gasteiger partial charge in [0.2, 0.25) is 0 Å². The van der Waals surface area contributed by atoms with E-state index in [0.29, 0.717) is 6.04 Å². The molecule has 29 heavy (non-hydrogen) atoms. The molecule has 0 aliphatic carbocycles. The van der Waals surface area contributed by atoms with Crippen LogP contribution in [0.4, 0.5) is 0 Å². The number of hydrogen-bond acceptors (Lipinski definition) is 5. The maximum Gasteiger partial charge on any atom is 0.161 e. The van der Waals surface area contributed by atoms with Crippen LogP contribution in [0.25, 0.3) is 0 Å². The van der Waals surface area contributed by atoms with E-state index < -0.39 is 0 Å². The molecule has 1 N–H and O–H groups in total. The fourth-order valence-electron chi connectivity index (χ4n) is 4.19. The summed E-state index contributed by atoms with van der Waals surface area (Å²) in [6.07, 6.45) is 3.09. The highest BCUT2D eigenvalue weighted by atomic mass is 16.5. The van der Waals surface area contributed by atoms with E-state index in [2.05, 4.69) is 52.3 Å². The van der Waals surface area contributed by atoms with Crippen LogP contribution in [0, 0.1) is 0 Å². The summed E-state index contributed by atoms with van der Waals surface area (Å²) in [5.74, 6) is 1.54. The monoisotopic (exact) mass is 398 g/mol. The van der Waals surface area contributed by atoms with Gasteiger partial charge in [-0.3, -0.25) is 9.80 Å². The van der Waals surface area contributed by atoms with Gasteiger partial charge in [0, 0.05) is 38.8 Å². The van der Waals surface area contributed by atoms with Crippen LogP contribution in [0.5, 0.6) is 11.5 Å². The largest absolute Gasteiger partial charge is 0.493 e. The molecule has 0 aromatic heterocycles. The zero-order valence-corrected chi connectivity index (χ0v) is 17.7. The fourth-order valence-corrected chi connectivity index (χ4v) is 4.19. The fraction of sp³-hybridized carbons (Fsp3) is 0.500. The van der Waals surface area contributed by atoms with Crippen LogP contribution in [-0.2, 0) is 13.0 Å². The first kappa shape index (κ1) is 21.6. The van der Waals surface area contributed by atoms with Gasteiger partial charge in [-0.2, -0.15) is 0 Å². The van der Waals surface area contributed by atoms with Crippen LogP contribution < -0.4 is 9.47 Å². The first-order valence-electron chi connectivity index (χ1n) is 10.6. The van der Waals surface area contributed by atoms with E-state index in [-0.39, 0.29) is 6.61 Å². The maximum absolute atomic E-state index is 9.57. The molecular weight excluding hydrogens is 364 g/mol. The summed E-state index contributed by atoms with van der Waals surface area (Å²) in [7, 11) is 3.33. The molecule has 1 fully saturated rings. The van der Waals surface area contributed by atoms with Crippen molar-refractivity contribution in [3.05, 3.63) is 59.7 Å². The van der Waals surface area contributed by atoms with E-state index in [1.165, 1.54) is 11.1 Å². The zero-order valence-electron chi connectivity index (χ0n) is 17.7. The molecule has 0 radical (unpaired) electrons. The number of benzene rings is 2. The minimum atomic E-state index is 0.240.